The maximum Gasteiger partial charge on any atom is 0.358 e. The van der Waals surface area contributed by atoms with Crippen molar-refractivity contribution < 1.29 is 9.53 Å². The van der Waals surface area contributed by atoms with Crippen LogP contribution < -0.4 is 5.56 Å². The fourth-order valence-corrected chi connectivity index (χ4v) is 3.71. The Bertz CT molecular complexity index is 981. The van der Waals surface area contributed by atoms with Crippen LogP contribution in [-0.2, 0) is 17.8 Å². The zero-order chi connectivity index (χ0) is 18.7. The lowest BCUT2D eigenvalue weighted by atomic mass is 9.98. The normalized spacial score (nSPS) is 12.3. The largest absolute Gasteiger partial charge is 0.453 e. The van der Waals surface area contributed by atoms with Crippen molar-refractivity contribution in [3.63, 3.8) is 0 Å². The number of carbonyl (C=O) groups is 1. The number of aromatic nitrogens is 4. The van der Waals surface area contributed by atoms with E-state index in [9.17, 15) is 9.59 Å². The maximum atomic E-state index is 12.6. The molecule has 0 aliphatic rings. The molecule has 0 fully saturated rings. The summed E-state index contributed by atoms with van der Waals surface area (Å²) in [7, 11) is 0. The molecule has 0 radical (unpaired) electrons. The first-order chi connectivity index (χ1) is 12.5. The Morgan fingerprint density at radius 2 is 2.19 bits per heavy atom. The summed E-state index contributed by atoms with van der Waals surface area (Å²) in [6, 6.07) is 0. The van der Waals surface area contributed by atoms with E-state index in [1.54, 1.807) is 0 Å². The third-order valence-electron chi connectivity index (χ3n) is 4.27. The van der Waals surface area contributed by atoms with Gasteiger partial charge in [-0.3, -0.25) is 9.78 Å². The van der Waals surface area contributed by atoms with Crippen LogP contribution >= 0.6 is 11.3 Å². The Labute approximate surface area is 154 Å². The van der Waals surface area contributed by atoms with E-state index in [2.05, 4.69) is 33.8 Å². The number of nitrogens with zero attached hydrogens (tertiary/aromatic N) is 3. The Hall–Kier alpha value is -2.61. The summed E-state index contributed by atoms with van der Waals surface area (Å²) < 4.78 is 5.17. The van der Waals surface area contributed by atoms with E-state index < -0.39 is 5.97 Å². The second-order valence-corrected chi connectivity index (χ2v) is 7.42. The number of hydrogen-bond donors (Lipinski definition) is 1. The van der Waals surface area contributed by atoms with Gasteiger partial charge in [-0.1, -0.05) is 20.3 Å². The molecule has 3 heterocycles. The van der Waals surface area contributed by atoms with Crippen LogP contribution in [0.15, 0.2) is 23.4 Å². The van der Waals surface area contributed by atoms with Gasteiger partial charge in [0.05, 0.1) is 11.6 Å². The predicted octanol–water partition coefficient (Wildman–Crippen LogP) is 3.03. The average molecular weight is 372 g/mol. The number of thiophene rings is 1. The number of aromatic amines is 1. The molecule has 0 aliphatic heterocycles. The van der Waals surface area contributed by atoms with Crippen LogP contribution in [0.2, 0.25) is 0 Å². The SMILES string of the molecule is CC[C@H](C)Cc1c(C)sc2nc(COC(=O)c3cnccn3)[nH]c(=O)c12. The highest BCUT2D eigenvalue weighted by molar-refractivity contribution is 7.18. The van der Waals surface area contributed by atoms with E-state index in [4.69, 9.17) is 4.74 Å². The van der Waals surface area contributed by atoms with Crippen molar-refractivity contribution in [2.24, 2.45) is 5.92 Å². The summed E-state index contributed by atoms with van der Waals surface area (Å²) in [4.78, 5) is 41.2. The summed E-state index contributed by atoms with van der Waals surface area (Å²) in [5.41, 5.74) is 0.984. The predicted molar refractivity (Wildman–Crippen MR) is 99.3 cm³/mol. The Morgan fingerprint density at radius 3 is 2.88 bits per heavy atom. The molecule has 0 aliphatic carbocycles. The highest BCUT2D eigenvalue weighted by atomic mass is 32.1. The van der Waals surface area contributed by atoms with Crippen LogP contribution in [-0.4, -0.2) is 25.9 Å². The Morgan fingerprint density at radius 1 is 1.38 bits per heavy atom. The third-order valence-corrected chi connectivity index (χ3v) is 5.31. The molecule has 136 valence electrons. The molecule has 0 spiro atoms. The van der Waals surface area contributed by atoms with Gasteiger partial charge in [0, 0.05) is 17.3 Å². The number of aryl methyl sites for hydroxylation is 1. The number of H-pyrrole nitrogens is 1. The fraction of sp³-hybridized carbons (Fsp3) is 0.389. The lowest BCUT2D eigenvalue weighted by molar-refractivity contribution is 0.0455. The van der Waals surface area contributed by atoms with Gasteiger partial charge in [0.15, 0.2) is 5.69 Å². The first kappa shape index (κ1) is 18.2. The van der Waals surface area contributed by atoms with Gasteiger partial charge in [0.2, 0.25) is 0 Å². The summed E-state index contributed by atoms with van der Waals surface area (Å²) in [6.07, 6.45) is 6.12. The van der Waals surface area contributed by atoms with Crippen LogP contribution in [0.5, 0.6) is 0 Å². The molecule has 7 nitrogen and oxygen atoms in total. The third kappa shape index (κ3) is 3.80. The molecule has 8 heteroatoms. The lowest BCUT2D eigenvalue weighted by Crippen LogP contribution is -2.15. The standard InChI is InChI=1S/C18H20N4O3S/c1-4-10(2)7-12-11(3)26-17-15(12)16(23)21-14(22-17)9-25-18(24)13-8-19-5-6-20-13/h5-6,8,10H,4,7,9H2,1-3H3,(H,21,22,23)/t10-/m0/s1. The minimum Gasteiger partial charge on any atom is -0.453 e. The van der Waals surface area contributed by atoms with Crippen LogP contribution in [0.1, 0.15) is 47.0 Å². The van der Waals surface area contributed by atoms with Crippen molar-refractivity contribution in [3.05, 3.63) is 50.9 Å². The van der Waals surface area contributed by atoms with E-state index in [-0.39, 0.29) is 17.9 Å². The zero-order valence-corrected chi connectivity index (χ0v) is 15.7. The average Bonchev–Trinajstić information content (AvgIpc) is 2.96. The van der Waals surface area contributed by atoms with Crippen molar-refractivity contribution in [3.8, 4) is 0 Å². The fourth-order valence-electron chi connectivity index (χ4n) is 2.64. The minimum atomic E-state index is -0.610. The summed E-state index contributed by atoms with van der Waals surface area (Å²) in [5, 5.41) is 0.650. The molecule has 0 saturated heterocycles. The van der Waals surface area contributed by atoms with Gasteiger partial charge in [-0.2, -0.15) is 0 Å². The molecular weight excluding hydrogens is 352 g/mol. The van der Waals surface area contributed by atoms with E-state index in [1.807, 2.05) is 6.92 Å². The number of rotatable bonds is 6. The molecule has 0 amide bonds. The quantitative estimate of drug-likeness (QED) is 0.668. The molecule has 3 aromatic heterocycles. The first-order valence-corrected chi connectivity index (χ1v) is 9.25. The molecule has 1 N–H and O–H groups in total. The minimum absolute atomic E-state index is 0.110. The van der Waals surface area contributed by atoms with Gasteiger partial charge in [-0.25, -0.2) is 14.8 Å². The van der Waals surface area contributed by atoms with Gasteiger partial charge < -0.3 is 9.72 Å². The molecule has 1 atom stereocenters. The number of fused-ring (bicyclic) bond motifs is 1. The van der Waals surface area contributed by atoms with Gasteiger partial charge in [0.1, 0.15) is 17.3 Å². The highest BCUT2D eigenvalue weighted by Gasteiger charge is 2.17. The second-order valence-electron chi connectivity index (χ2n) is 6.21. The first-order valence-electron chi connectivity index (χ1n) is 8.43. The molecule has 26 heavy (non-hydrogen) atoms. The highest BCUT2D eigenvalue weighted by Crippen LogP contribution is 2.29. The molecule has 0 aromatic carbocycles. The van der Waals surface area contributed by atoms with E-state index in [0.717, 1.165) is 23.3 Å². The van der Waals surface area contributed by atoms with Crippen molar-refractivity contribution in [2.45, 2.75) is 40.2 Å². The molecule has 3 rings (SSSR count). The van der Waals surface area contributed by atoms with Gasteiger partial charge in [0.25, 0.3) is 5.56 Å². The smallest absolute Gasteiger partial charge is 0.358 e. The molecular formula is C18H20N4O3S. The molecule has 0 unspecified atom stereocenters. The van der Waals surface area contributed by atoms with E-state index in [0.29, 0.717) is 22.0 Å². The van der Waals surface area contributed by atoms with Crippen LogP contribution in [0.3, 0.4) is 0 Å². The van der Waals surface area contributed by atoms with Crippen molar-refractivity contribution in [1.82, 2.24) is 19.9 Å². The van der Waals surface area contributed by atoms with Crippen molar-refractivity contribution in [2.75, 3.05) is 0 Å². The topological polar surface area (TPSA) is 97.8 Å². The zero-order valence-electron chi connectivity index (χ0n) is 14.9. The molecule has 0 saturated carbocycles. The van der Waals surface area contributed by atoms with Crippen LogP contribution in [0.4, 0.5) is 0 Å². The summed E-state index contributed by atoms with van der Waals surface area (Å²) >= 11 is 1.50. The number of ether oxygens (including phenoxy) is 1. The maximum absolute atomic E-state index is 12.6. The Kier molecular flexibility index (Phi) is 5.41. The van der Waals surface area contributed by atoms with Crippen LogP contribution in [0, 0.1) is 12.8 Å². The number of carbonyl (C=O) groups excluding carboxylic acids is 1. The summed E-state index contributed by atoms with van der Waals surface area (Å²) in [6.45, 7) is 6.20. The Balaban J connectivity index is 1.83. The van der Waals surface area contributed by atoms with Crippen molar-refractivity contribution in [1.29, 1.82) is 0 Å². The van der Waals surface area contributed by atoms with E-state index in [1.165, 1.54) is 29.9 Å². The van der Waals surface area contributed by atoms with Crippen LogP contribution in [0.25, 0.3) is 10.2 Å². The second kappa shape index (κ2) is 7.74. The number of nitrogens with one attached hydrogen (secondary N) is 1. The van der Waals surface area contributed by atoms with Gasteiger partial charge >= 0.3 is 5.97 Å². The van der Waals surface area contributed by atoms with Crippen molar-refractivity contribution >= 4 is 27.5 Å². The summed E-state index contributed by atoms with van der Waals surface area (Å²) in [5.74, 6) is 0.204. The number of esters is 1. The molecule has 0 bridgehead atoms. The van der Waals surface area contributed by atoms with Gasteiger partial charge in [-0.15, -0.1) is 11.3 Å². The lowest BCUT2D eigenvalue weighted by Gasteiger charge is -2.08. The molecule has 3 aromatic rings. The van der Waals surface area contributed by atoms with Gasteiger partial charge in [-0.05, 0) is 24.8 Å². The van der Waals surface area contributed by atoms with E-state index >= 15 is 0 Å². The monoisotopic (exact) mass is 372 g/mol. The number of hydrogen-bond acceptors (Lipinski definition) is 7.